The fraction of sp³-hybridized carbons (Fsp3) is 0.0930. The molecule has 0 amide bonds. The van der Waals surface area contributed by atoms with E-state index in [4.69, 9.17) is 9.40 Å². The van der Waals surface area contributed by atoms with E-state index < -0.39 is 0 Å². The van der Waals surface area contributed by atoms with Crippen molar-refractivity contribution in [3.8, 4) is 33.6 Å². The molecule has 4 aromatic carbocycles. The molecule has 0 fully saturated rings. The van der Waals surface area contributed by atoms with Gasteiger partial charge in [0.2, 0.25) is 5.71 Å². The molecule has 0 spiro atoms. The summed E-state index contributed by atoms with van der Waals surface area (Å²) in [5, 5.41) is 2.06. The predicted octanol–water partition coefficient (Wildman–Crippen LogP) is 10.5. The normalized spacial score (nSPS) is 10.7. The minimum atomic E-state index is 0. The summed E-state index contributed by atoms with van der Waals surface area (Å²) in [5.41, 5.74) is 12.4. The van der Waals surface area contributed by atoms with Gasteiger partial charge in [0.05, 0.1) is 5.58 Å². The van der Waals surface area contributed by atoms with E-state index in [0.29, 0.717) is 5.71 Å². The Hall–Kier alpha value is -5.22. The van der Waals surface area contributed by atoms with Gasteiger partial charge in [0.15, 0.2) is 0 Å². The van der Waals surface area contributed by atoms with E-state index in [1.54, 1.807) is 6.20 Å². The van der Waals surface area contributed by atoms with Crippen molar-refractivity contribution < 1.29 is 24.5 Å². The summed E-state index contributed by atoms with van der Waals surface area (Å²) in [5.74, 6) is 0. The molecule has 0 saturated carbocycles. The predicted molar refractivity (Wildman–Crippen MR) is 191 cm³/mol. The number of fused-ring (bicyclic) bond motifs is 3. The van der Waals surface area contributed by atoms with Crippen LogP contribution in [0.3, 0.4) is 0 Å². The third-order valence-corrected chi connectivity index (χ3v) is 8.30. The second-order valence-electron chi connectivity index (χ2n) is 11.5. The maximum absolute atomic E-state index is 6.34. The van der Waals surface area contributed by atoms with Crippen LogP contribution in [0.1, 0.15) is 22.4 Å². The number of aryl methyl sites for hydroxylation is 4. The van der Waals surface area contributed by atoms with Crippen molar-refractivity contribution in [2.45, 2.75) is 26.7 Å². The Morgan fingerprint density at radius 2 is 1.42 bits per heavy atom. The standard InChI is InChI=1S/C32H25N2O.C11H8N.Ir/c1-21-8-6-9-22(2)30(21)24-18-19-33-29(20-24)28-13-7-12-26-27-17-16-25(34-32(27)35-31(26)28)15-14-23-10-4-3-5-11-23;1-2-6-10(7-3-1)11-8-4-5-9-12-11;/h3-12,16-20H,14-15H2,1-2H3;1-6,8-9H;/q2*-1;. The molecule has 1 radical (unpaired) electrons. The SMILES string of the molecule is Cc1cccc(C)c1-c1ccnc(-c2[c-]ccc3c2oc2nc(CCc4ccccc4)ccc23)c1.[Ir].[c-]1ccccc1-c1ccccn1. The molecule has 0 aliphatic heterocycles. The maximum atomic E-state index is 6.34. The zero-order chi connectivity index (χ0) is 32.0. The fourth-order valence-corrected chi connectivity index (χ4v) is 5.97. The van der Waals surface area contributed by atoms with Crippen LogP contribution in [0.2, 0.25) is 0 Å². The van der Waals surface area contributed by atoms with E-state index in [1.165, 1.54) is 22.3 Å². The molecule has 0 bridgehead atoms. The van der Waals surface area contributed by atoms with Crippen molar-refractivity contribution in [1.82, 2.24) is 15.0 Å². The Morgan fingerprint density at radius 1 is 0.625 bits per heavy atom. The third kappa shape index (κ3) is 7.18. The van der Waals surface area contributed by atoms with Crippen molar-refractivity contribution in [1.29, 1.82) is 0 Å². The largest absolute Gasteiger partial charge is 0.486 e. The quantitative estimate of drug-likeness (QED) is 0.157. The molecule has 0 unspecified atom stereocenters. The Balaban J connectivity index is 0.000000260. The van der Waals surface area contributed by atoms with E-state index in [9.17, 15) is 0 Å². The van der Waals surface area contributed by atoms with Gasteiger partial charge in [-0.05, 0) is 90.2 Å². The molecular weight excluding hydrogens is 767 g/mol. The number of pyridine rings is 3. The van der Waals surface area contributed by atoms with Gasteiger partial charge in [0.25, 0.3) is 0 Å². The van der Waals surface area contributed by atoms with Gasteiger partial charge < -0.3 is 14.4 Å². The van der Waals surface area contributed by atoms with Crippen LogP contribution in [0.25, 0.3) is 55.7 Å². The van der Waals surface area contributed by atoms with E-state index >= 15 is 0 Å². The summed E-state index contributed by atoms with van der Waals surface area (Å²) in [6.45, 7) is 4.30. The molecule has 237 valence electrons. The first-order valence-corrected chi connectivity index (χ1v) is 15.8. The monoisotopic (exact) mass is 800 g/mol. The van der Waals surface area contributed by atoms with E-state index in [1.807, 2.05) is 66.9 Å². The molecule has 48 heavy (non-hydrogen) atoms. The van der Waals surface area contributed by atoms with Crippen LogP contribution in [-0.4, -0.2) is 15.0 Å². The van der Waals surface area contributed by atoms with E-state index in [-0.39, 0.29) is 20.1 Å². The van der Waals surface area contributed by atoms with Crippen LogP contribution >= 0.6 is 0 Å². The van der Waals surface area contributed by atoms with Crippen molar-refractivity contribution >= 4 is 22.1 Å². The minimum absolute atomic E-state index is 0. The number of hydrogen-bond acceptors (Lipinski definition) is 4. The second kappa shape index (κ2) is 15.1. The Labute approximate surface area is 294 Å². The first kappa shape index (κ1) is 32.7. The van der Waals surface area contributed by atoms with Gasteiger partial charge >= 0.3 is 0 Å². The summed E-state index contributed by atoms with van der Waals surface area (Å²) < 4.78 is 6.34. The topological polar surface area (TPSA) is 51.8 Å². The molecule has 8 aromatic rings. The maximum Gasteiger partial charge on any atom is 0.216 e. The summed E-state index contributed by atoms with van der Waals surface area (Å²) in [7, 11) is 0. The van der Waals surface area contributed by atoms with E-state index in [0.717, 1.165) is 63.0 Å². The summed E-state index contributed by atoms with van der Waals surface area (Å²) >= 11 is 0. The Kier molecular flexibility index (Phi) is 10.3. The number of aromatic nitrogens is 3. The number of rotatable bonds is 6. The van der Waals surface area contributed by atoms with Gasteiger partial charge in [-0.15, -0.1) is 54.1 Å². The summed E-state index contributed by atoms with van der Waals surface area (Å²) in [4.78, 5) is 13.8. The minimum Gasteiger partial charge on any atom is -0.486 e. The molecule has 4 aromatic heterocycles. The number of hydrogen-bond donors (Lipinski definition) is 0. The van der Waals surface area contributed by atoms with Gasteiger partial charge in [-0.2, -0.15) is 0 Å². The molecular formula is C43H33IrN3O-2. The van der Waals surface area contributed by atoms with E-state index in [2.05, 4.69) is 103 Å². The smallest absolute Gasteiger partial charge is 0.216 e. The van der Waals surface area contributed by atoms with Crippen molar-refractivity contribution in [3.05, 3.63) is 174 Å². The van der Waals surface area contributed by atoms with Gasteiger partial charge in [-0.1, -0.05) is 77.7 Å². The molecule has 0 N–H and O–H groups in total. The van der Waals surface area contributed by atoms with Crippen LogP contribution in [0.15, 0.2) is 144 Å². The fourth-order valence-electron chi connectivity index (χ4n) is 5.97. The molecule has 4 nitrogen and oxygen atoms in total. The summed E-state index contributed by atoms with van der Waals surface area (Å²) in [6, 6.07) is 49.5. The second-order valence-corrected chi connectivity index (χ2v) is 11.5. The average molecular weight is 800 g/mol. The first-order chi connectivity index (χ1) is 23.1. The molecule has 4 heterocycles. The van der Waals surface area contributed by atoms with Crippen LogP contribution in [0, 0.1) is 26.0 Å². The zero-order valence-electron chi connectivity index (χ0n) is 26.8. The third-order valence-electron chi connectivity index (χ3n) is 8.30. The number of furan rings is 1. The van der Waals surface area contributed by atoms with Crippen LogP contribution in [0.5, 0.6) is 0 Å². The van der Waals surface area contributed by atoms with Gasteiger partial charge in [-0.25, -0.2) is 4.98 Å². The van der Waals surface area contributed by atoms with Crippen molar-refractivity contribution in [3.63, 3.8) is 0 Å². The van der Waals surface area contributed by atoms with Crippen LogP contribution in [-0.2, 0) is 32.9 Å². The molecule has 0 saturated heterocycles. The molecule has 0 aliphatic rings. The Morgan fingerprint density at radius 3 is 2.19 bits per heavy atom. The van der Waals surface area contributed by atoms with Crippen molar-refractivity contribution in [2.24, 2.45) is 0 Å². The van der Waals surface area contributed by atoms with Gasteiger partial charge in [0, 0.05) is 43.6 Å². The van der Waals surface area contributed by atoms with Crippen LogP contribution in [0.4, 0.5) is 0 Å². The number of nitrogens with zero attached hydrogens (tertiary/aromatic N) is 3. The number of benzene rings is 4. The molecule has 0 aliphatic carbocycles. The van der Waals surface area contributed by atoms with Crippen molar-refractivity contribution in [2.75, 3.05) is 0 Å². The average Bonchev–Trinajstić information content (AvgIpc) is 3.50. The molecule has 5 heteroatoms. The summed E-state index contributed by atoms with van der Waals surface area (Å²) in [6.07, 6.45) is 5.48. The first-order valence-electron chi connectivity index (χ1n) is 15.8. The van der Waals surface area contributed by atoms with Gasteiger partial charge in [0.1, 0.15) is 0 Å². The molecule has 0 atom stereocenters. The Bertz CT molecular complexity index is 2210. The molecule has 8 rings (SSSR count). The van der Waals surface area contributed by atoms with Gasteiger partial charge in [-0.3, -0.25) is 0 Å². The van der Waals surface area contributed by atoms with Crippen LogP contribution < -0.4 is 0 Å². The zero-order valence-corrected chi connectivity index (χ0v) is 29.2.